The van der Waals surface area contributed by atoms with Crippen molar-refractivity contribution >= 4 is 45.0 Å². The molecule has 0 saturated heterocycles. The zero-order chi connectivity index (χ0) is 24.7. The third-order valence-corrected chi connectivity index (χ3v) is 6.45. The van der Waals surface area contributed by atoms with Crippen LogP contribution < -0.4 is 15.2 Å². The number of nitrogens with zero attached hydrogens (tertiary/aromatic N) is 4. The predicted octanol–water partition coefficient (Wildman–Crippen LogP) is 5.21. The zero-order valence-electron chi connectivity index (χ0n) is 19.5. The molecule has 5 aromatic rings. The molecule has 8 heteroatoms. The number of aromatic nitrogens is 3. The molecule has 0 N–H and O–H groups in total. The number of para-hydroxylation sites is 2. The van der Waals surface area contributed by atoms with E-state index in [1.807, 2.05) is 73.1 Å². The lowest BCUT2D eigenvalue weighted by Gasteiger charge is -2.21. The third-order valence-electron chi connectivity index (χ3n) is 6.15. The molecule has 2 aromatic heterocycles. The molecule has 176 valence electrons. The Labute approximate surface area is 206 Å². The smallest absolute Gasteiger partial charge is 0.296 e. The highest BCUT2D eigenvalue weighted by Crippen LogP contribution is 2.31. The average molecular weight is 487 g/mol. The molecule has 1 amide bonds. The summed E-state index contributed by atoms with van der Waals surface area (Å²) in [5, 5.41) is 6.29. The first-order chi connectivity index (χ1) is 17.0. The van der Waals surface area contributed by atoms with E-state index in [0.717, 1.165) is 16.6 Å². The van der Waals surface area contributed by atoms with E-state index in [9.17, 15) is 9.59 Å². The number of hydrogen-bond acceptors (Lipinski definition) is 4. The van der Waals surface area contributed by atoms with Crippen LogP contribution in [0.1, 0.15) is 17.4 Å². The number of methoxy groups -OCH3 is 1. The summed E-state index contributed by atoms with van der Waals surface area (Å²) in [6.07, 6.45) is 0. The van der Waals surface area contributed by atoms with Crippen molar-refractivity contribution in [1.29, 1.82) is 0 Å². The van der Waals surface area contributed by atoms with E-state index in [1.165, 1.54) is 11.8 Å². The number of rotatable bonds is 5. The molecule has 0 aliphatic rings. The molecular formula is C27H23ClN4O3. The largest absolute Gasteiger partial charge is 0.495 e. The van der Waals surface area contributed by atoms with Crippen molar-refractivity contribution in [1.82, 2.24) is 14.3 Å². The highest BCUT2D eigenvalue weighted by Gasteiger charge is 2.27. The number of halogens is 1. The molecule has 7 nitrogen and oxygen atoms in total. The van der Waals surface area contributed by atoms with Gasteiger partial charge >= 0.3 is 0 Å². The Bertz CT molecular complexity index is 1640. The Morgan fingerprint density at radius 2 is 1.77 bits per heavy atom. The van der Waals surface area contributed by atoms with Crippen LogP contribution in [0.4, 0.5) is 5.69 Å². The van der Waals surface area contributed by atoms with Crippen molar-refractivity contribution < 1.29 is 9.53 Å². The molecular weight excluding hydrogens is 464 g/mol. The van der Waals surface area contributed by atoms with Gasteiger partial charge in [-0.15, -0.1) is 0 Å². The molecule has 0 bridgehead atoms. The Morgan fingerprint density at radius 1 is 1.06 bits per heavy atom. The topological polar surface area (TPSA) is 69.4 Å². The van der Waals surface area contributed by atoms with Gasteiger partial charge in [-0.1, -0.05) is 48.0 Å². The number of amides is 1. The molecule has 0 spiro atoms. The molecule has 3 aromatic carbocycles. The summed E-state index contributed by atoms with van der Waals surface area (Å²) in [4.78, 5) is 29.4. The minimum Gasteiger partial charge on any atom is -0.495 e. The van der Waals surface area contributed by atoms with Crippen molar-refractivity contribution in [3.63, 3.8) is 0 Å². The molecule has 0 saturated carbocycles. The first-order valence-corrected chi connectivity index (χ1v) is 11.5. The Kier molecular flexibility index (Phi) is 5.78. The molecule has 5 rings (SSSR count). The van der Waals surface area contributed by atoms with Crippen LogP contribution in [0.3, 0.4) is 0 Å². The monoisotopic (exact) mass is 486 g/mol. The van der Waals surface area contributed by atoms with E-state index < -0.39 is 0 Å². The summed E-state index contributed by atoms with van der Waals surface area (Å²) in [5.41, 5.74) is 2.25. The van der Waals surface area contributed by atoms with Gasteiger partial charge in [0.1, 0.15) is 11.3 Å². The molecule has 35 heavy (non-hydrogen) atoms. The zero-order valence-corrected chi connectivity index (χ0v) is 20.3. The maximum atomic E-state index is 14.0. The van der Waals surface area contributed by atoms with Gasteiger partial charge in [0.2, 0.25) is 0 Å². The number of anilines is 1. The first-order valence-electron chi connectivity index (χ1n) is 11.2. The van der Waals surface area contributed by atoms with Crippen LogP contribution in [0.15, 0.2) is 77.6 Å². The number of hydrogen-bond donors (Lipinski definition) is 0. The average Bonchev–Trinajstić information content (AvgIpc) is 3.18. The fourth-order valence-corrected chi connectivity index (χ4v) is 4.72. The van der Waals surface area contributed by atoms with Crippen LogP contribution in [0.2, 0.25) is 5.02 Å². The summed E-state index contributed by atoms with van der Waals surface area (Å²) in [5.74, 6) is 0.181. The Balaban J connectivity index is 1.85. The van der Waals surface area contributed by atoms with Crippen LogP contribution >= 0.6 is 11.6 Å². The van der Waals surface area contributed by atoms with E-state index >= 15 is 0 Å². The maximum absolute atomic E-state index is 14.0. The van der Waals surface area contributed by atoms with Crippen LogP contribution in [0.5, 0.6) is 5.75 Å². The highest BCUT2D eigenvalue weighted by molar-refractivity contribution is 6.32. The summed E-state index contributed by atoms with van der Waals surface area (Å²) >= 11 is 6.35. The second-order valence-electron chi connectivity index (χ2n) is 8.07. The first kappa shape index (κ1) is 22.7. The number of carbonyl (C=O) groups is 1. The normalized spacial score (nSPS) is 11.2. The van der Waals surface area contributed by atoms with E-state index in [2.05, 4.69) is 5.10 Å². The quantitative estimate of drug-likeness (QED) is 0.342. The summed E-state index contributed by atoms with van der Waals surface area (Å²) in [7, 11) is 3.34. The van der Waals surface area contributed by atoms with Crippen LogP contribution in [-0.2, 0) is 7.05 Å². The van der Waals surface area contributed by atoms with Gasteiger partial charge < -0.3 is 14.2 Å². The second-order valence-corrected chi connectivity index (χ2v) is 8.48. The van der Waals surface area contributed by atoms with Crippen molar-refractivity contribution in [3.8, 4) is 11.4 Å². The van der Waals surface area contributed by atoms with Gasteiger partial charge in [0.25, 0.3) is 11.5 Å². The van der Waals surface area contributed by atoms with E-state index in [1.54, 1.807) is 23.1 Å². The van der Waals surface area contributed by atoms with Crippen molar-refractivity contribution in [2.45, 2.75) is 6.92 Å². The van der Waals surface area contributed by atoms with E-state index in [0.29, 0.717) is 33.9 Å². The molecule has 0 fully saturated rings. The third kappa shape index (κ3) is 3.65. The molecule has 0 radical (unpaired) electrons. The van der Waals surface area contributed by atoms with Gasteiger partial charge in [0.05, 0.1) is 17.8 Å². The van der Waals surface area contributed by atoms with Crippen molar-refractivity contribution in [2.24, 2.45) is 7.05 Å². The summed E-state index contributed by atoms with van der Waals surface area (Å²) in [6.45, 7) is 2.34. The van der Waals surface area contributed by atoms with Crippen LogP contribution in [-0.4, -0.2) is 33.9 Å². The molecule has 0 aliphatic carbocycles. The number of fused-ring (bicyclic) bond motifs is 3. The number of carbonyl (C=O) groups excluding carboxylic acids is 1. The van der Waals surface area contributed by atoms with Crippen LogP contribution in [0, 0.1) is 0 Å². The minimum atomic E-state index is -0.348. The van der Waals surface area contributed by atoms with Gasteiger partial charge in [-0.2, -0.15) is 9.78 Å². The van der Waals surface area contributed by atoms with Crippen molar-refractivity contribution in [2.75, 3.05) is 18.6 Å². The number of benzene rings is 3. The molecule has 0 unspecified atom stereocenters. The van der Waals surface area contributed by atoms with Gasteiger partial charge in [-0.3, -0.25) is 9.59 Å². The number of ether oxygens (including phenoxy) is 1. The Hall–Kier alpha value is -4.10. The SMILES string of the molecule is CCN(C(=O)c1nn(-c2ccc(OC)c(Cl)c2)c(=O)c2c1c1ccccc1n2C)c1ccccc1. The van der Waals surface area contributed by atoms with Gasteiger partial charge in [0, 0.05) is 35.6 Å². The fourth-order valence-electron chi connectivity index (χ4n) is 4.47. The summed E-state index contributed by atoms with van der Waals surface area (Å²) in [6, 6.07) is 22.0. The highest BCUT2D eigenvalue weighted by atomic mass is 35.5. The van der Waals surface area contributed by atoms with Crippen LogP contribution in [0.25, 0.3) is 27.5 Å². The molecule has 0 aliphatic heterocycles. The molecule has 2 heterocycles. The van der Waals surface area contributed by atoms with Crippen molar-refractivity contribution in [3.05, 3.63) is 93.9 Å². The molecule has 0 atom stereocenters. The van der Waals surface area contributed by atoms with E-state index in [4.69, 9.17) is 16.3 Å². The lowest BCUT2D eigenvalue weighted by molar-refractivity contribution is 0.0983. The predicted molar refractivity (Wildman–Crippen MR) is 139 cm³/mol. The number of aryl methyl sites for hydroxylation is 1. The van der Waals surface area contributed by atoms with Gasteiger partial charge in [-0.25, -0.2) is 0 Å². The maximum Gasteiger partial charge on any atom is 0.296 e. The van der Waals surface area contributed by atoms with Gasteiger partial charge in [0.15, 0.2) is 5.69 Å². The van der Waals surface area contributed by atoms with E-state index in [-0.39, 0.29) is 17.2 Å². The fraction of sp³-hybridized carbons (Fsp3) is 0.148. The second kappa shape index (κ2) is 8.92. The summed E-state index contributed by atoms with van der Waals surface area (Å²) < 4.78 is 8.29. The van der Waals surface area contributed by atoms with Gasteiger partial charge in [-0.05, 0) is 43.3 Å². The lowest BCUT2D eigenvalue weighted by atomic mass is 10.1. The minimum absolute atomic E-state index is 0.189. The standard InChI is InChI=1S/C27H23ClN4O3/c1-4-31(17-10-6-5-7-11-17)26(33)24-23-19-12-8-9-13-21(19)30(2)25(23)27(34)32(29-24)18-14-15-22(35-3)20(28)16-18/h5-16H,4H2,1-3H3. The Morgan fingerprint density at radius 3 is 2.46 bits per heavy atom. The lowest BCUT2D eigenvalue weighted by Crippen LogP contribution is -2.34.